The molecule has 1 aromatic heterocycles. The standard InChI is InChI=1S/C16H10FNO2/c17-13-8-4-7-12(9-13)15-10-14(18-20-15)16(19)11-5-2-1-3-6-11/h1-10H. The number of hydrogen-bond acceptors (Lipinski definition) is 3. The van der Waals surface area contributed by atoms with Crippen molar-refractivity contribution in [2.24, 2.45) is 0 Å². The van der Waals surface area contributed by atoms with Gasteiger partial charge in [0, 0.05) is 17.2 Å². The van der Waals surface area contributed by atoms with Gasteiger partial charge in [0.15, 0.2) is 11.5 Å². The summed E-state index contributed by atoms with van der Waals surface area (Å²) in [5.41, 5.74) is 1.28. The number of rotatable bonds is 3. The van der Waals surface area contributed by atoms with Crippen LogP contribution in [0.15, 0.2) is 65.2 Å². The summed E-state index contributed by atoms with van der Waals surface area (Å²) >= 11 is 0. The lowest BCUT2D eigenvalue weighted by molar-refractivity contribution is 0.103. The minimum absolute atomic E-state index is 0.204. The number of halogens is 1. The fourth-order valence-electron chi connectivity index (χ4n) is 1.90. The number of carbonyl (C=O) groups excluding carboxylic acids is 1. The zero-order chi connectivity index (χ0) is 13.9. The van der Waals surface area contributed by atoms with E-state index in [2.05, 4.69) is 5.16 Å². The maximum absolute atomic E-state index is 13.2. The zero-order valence-electron chi connectivity index (χ0n) is 10.4. The number of hydrogen-bond donors (Lipinski definition) is 0. The normalized spacial score (nSPS) is 10.4. The Labute approximate surface area is 114 Å². The maximum atomic E-state index is 13.2. The Bertz CT molecular complexity index is 750. The Kier molecular flexibility index (Phi) is 3.13. The highest BCUT2D eigenvalue weighted by Crippen LogP contribution is 2.22. The molecule has 0 aliphatic carbocycles. The highest BCUT2D eigenvalue weighted by Gasteiger charge is 2.15. The average Bonchev–Trinajstić information content (AvgIpc) is 2.97. The summed E-state index contributed by atoms with van der Waals surface area (Å²) in [4.78, 5) is 12.2. The van der Waals surface area contributed by atoms with Gasteiger partial charge in [-0.3, -0.25) is 4.79 Å². The lowest BCUT2D eigenvalue weighted by atomic mass is 10.1. The Hall–Kier alpha value is -2.75. The van der Waals surface area contributed by atoms with Crippen molar-refractivity contribution in [3.05, 3.63) is 77.7 Å². The van der Waals surface area contributed by atoms with E-state index in [1.807, 2.05) is 6.07 Å². The van der Waals surface area contributed by atoms with Gasteiger partial charge in [-0.15, -0.1) is 0 Å². The third-order valence-corrected chi connectivity index (χ3v) is 2.89. The van der Waals surface area contributed by atoms with Crippen molar-refractivity contribution in [2.45, 2.75) is 0 Å². The van der Waals surface area contributed by atoms with Gasteiger partial charge in [-0.2, -0.15) is 0 Å². The smallest absolute Gasteiger partial charge is 0.214 e. The van der Waals surface area contributed by atoms with E-state index in [1.165, 1.54) is 18.2 Å². The van der Waals surface area contributed by atoms with Gasteiger partial charge in [-0.05, 0) is 12.1 Å². The van der Waals surface area contributed by atoms with Crippen molar-refractivity contribution in [3.63, 3.8) is 0 Å². The van der Waals surface area contributed by atoms with Crippen LogP contribution in [0.2, 0.25) is 0 Å². The van der Waals surface area contributed by atoms with E-state index in [0.29, 0.717) is 16.9 Å². The van der Waals surface area contributed by atoms with Crippen LogP contribution in [0.3, 0.4) is 0 Å². The van der Waals surface area contributed by atoms with Gasteiger partial charge < -0.3 is 4.52 Å². The van der Waals surface area contributed by atoms with Crippen LogP contribution >= 0.6 is 0 Å². The van der Waals surface area contributed by atoms with Crippen LogP contribution in [0.4, 0.5) is 4.39 Å². The molecule has 0 aliphatic rings. The maximum Gasteiger partial charge on any atom is 0.214 e. The van der Waals surface area contributed by atoms with Crippen LogP contribution in [-0.2, 0) is 0 Å². The largest absolute Gasteiger partial charge is 0.356 e. The molecule has 0 saturated heterocycles. The second-order valence-electron chi connectivity index (χ2n) is 4.28. The van der Waals surface area contributed by atoms with Crippen molar-refractivity contribution in [2.75, 3.05) is 0 Å². The molecule has 98 valence electrons. The molecule has 0 radical (unpaired) electrons. The molecule has 0 fully saturated rings. The molecule has 0 amide bonds. The molecule has 0 unspecified atom stereocenters. The summed E-state index contributed by atoms with van der Waals surface area (Å²) in [5, 5.41) is 3.75. The van der Waals surface area contributed by atoms with Gasteiger partial charge in [-0.25, -0.2) is 4.39 Å². The molecule has 3 nitrogen and oxygen atoms in total. The van der Waals surface area contributed by atoms with E-state index in [9.17, 15) is 9.18 Å². The van der Waals surface area contributed by atoms with Crippen LogP contribution in [0.5, 0.6) is 0 Å². The van der Waals surface area contributed by atoms with E-state index in [-0.39, 0.29) is 17.3 Å². The summed E-state index contributed by atoms with van der Waals surface area (Å²) < 4.78 is 18.3. The summed E-state index contributed by atoms with van der Waals surface area (Å²) in [6.45, 7) is 0. The number of benzene rings is 2. The first kappa shape index (κ1) is 12.3. The fourth-order valence-corrected chi connectivity index (χ4v) is 1.90. The predicted octanol–water partition coefficient (Wildman–Crippen LogP) is 3.71. The SMILES string of the molecule is O=C(c1ccccc1)c1cc(-c2cccc(F)c2)on1. The molecule has 4 heteroatoms. The average molecular weight is 267 g/mol. The predicted molar refractivity (Wildman–Crippen MR) is 71.8 cm³/mol. The minimum atomic E-state index is -0.366. The van der Waals surface area contributed by atoms with E-state index >= 15 is 0 Å². The molecule has 2 aromatic carbocycles. The second kappa shape index (κ2) is 5.09. The summed E-state index contributed by atoms with van der Waals surface area (Å²) in [6.07, 6.45) is 0. The molecule has 0 spiro atoms. The van der Waals surface area contributed by atoms with Crippen LogP contribution in [0.1, 0.15) is 16.1 Å². The van der Waals surface area contributed by atoms with Crippen molar-refractivity contribution in [1.82, 2.24) is 5.16 Å². The number of nitrogens with zero attached hydrogens (tertiary/aromatic N) is 1. The van der Waals surface area contributed by atoms with Crippen molar-refractivity contribution < 1.29 is 13.7 Å². The van der Waals surface area contributed by atoms with Gasteiger partial charge in [0.2, 0.25) is 5.78 Å². The van der Waals surface area contributed by atoms with Crippen molar-refractivity contribution in [3.8, 4) is 11.3 Å². The quantitative estimate of drug-likeness (QED) is 0.679. The zero-order valence-corrected chi connectivity index (χ0v) is 10.4. The molecular formula is C16H10FNO2. The molecular weight excluding hydrogens is 257 g/mol. The van der Waals surface area contributed by atoms with Gasteiger partial charge >= 0.3 is 0 Å². The third kappa shape index (κ3) is 2.36. The molecule has 0 saturated carbocycles. The first-order valence-corrected chi connectivity index (χ1v) is 6.06. The summed E-state index contributed by atoms with van der Waals surface area (Å²) in [5.74, 6) is -0.226. The Morgan fingerprint density at radius 3 is 2.55 bits per heavy atom. The minimum Gasteiger partial charge on any atom is -0.356 e. The number of aromatic nitrogens is 1. The summed E-state index contributed by atoms with van der Waals surface area (Å²) in [6, 6.07) is 16.3. The molecule has 0 N–H and O–H groups in total. The van der Waals surface area contributed by atoms with E-state index in [4.69, 9.17) is 4.52 Å². The Morgan fingerprint density at radius 1 is 1.00 bits per heavy atom. The van der Waals surface area contributed by atoms with Gasteiger partial charge in [0.05, 0.1) is 0 Å². The summed E-state index contributed by atoms with van der Waals surface area (Å²) in [7, 11) is 0. The Morgan fingerprint density at radius 2 is 1.80 bits per heavy atom. The topological polar surface area (TPSA) is 43.1 Å². The molecule has 3 aromatic rings. The fraction of sp³-hybridized carbons (Fsp3) is 0. The van der Waals surface area contributed by atoms with Gasteiger partial charge in [-0.1, -0.05) is 47.6 Å². The molecule has 0 aliphatic heterocycles. The van der Waals surface area contributed by atoms with E-state index in [1.54, 1.807) is 36.4 Å². The Balaban J connectivity index is 1.93. The van der Waals surface area contributed by atoms with Crippen LogP contribution in [-0.4, -0.2) is 10.9 Å². The van der Waals surface area contributed by atoms with Gasteiger partial charge in [0.25, 0.3) is 0 Å². The highest BCUT2D eigenvalue weighted by atomic mass is 19.1. The third-order valence-electron chi connectivity index (χ3n) is 2.89. The monoisotopic (exact) mass is 267 g/mol. The first-order chi connectivity index (χ1) is 9.74. The first-order valence-electron chi connectivity index (χ1n) is 6.06. The molecule has 3 rings (SSSR count). The molecule has 1 heterocycles. The highest BCUT2D eigenvalue weighted by molar-refractivity contribution is 6.07. The van der Waals surface area contributed by atoms with Crippen LogP contribution in [0, 0.1) is 5.82 Å². The number of ketones is 1. The molecule has 0 bridgehead atoms. The van der Waals surface area contributed by atoms with E-state index in [0.717, 1.165) is 0 Å². The lowest BCUT2D eigenvalue weighted by Gasteiger charge is -1.95. The second-order valence-corrected chi connectivity index (χ2v) is 4.28. The number of carbonyl (C=O) groups is 1. The van der Waals surface area contributed by atoms with Gasteiger partial charge in [0.1, 0.15) is 5.82 Å². The molecule has 20 heavy (non-hydrogen) atoms. The van der Waals surface area contributed by atoms with Crippen LogP contribution < -0.4 is 0 Å². The van der Waals surface area contributed by atoms with E-state index < -0.39 is 0 Å². The molecule has 0 atom stereocenters. The van der Waals surface area contributed by atoms with Crippen molar-refractivity contribution >= 4 is 5.78 Å². The lowest BCUT2D eigenvalue weighted by Crippen LogP contribution is -2.00. The van der Waals surface area contributed by atoms with Crippen molar-refractivity contribution in [1.29, 1.82) is 0 Å². The van der Waals surface area contributed by atoms with Crippen LogP contribution in [0.25, 0.3) is 11.3 Å².